The number of hydrogen-bond acceptors (Lipinski definition) is 3. The van der Waals surface area contributed by atoms with Crippen LogP contribution in [0.5, 0.6) is 0 Å². The second kappa shape index (κ2) is 8.49. The third-order valence-electron chi connectivity index (χ3n) is 4.96. The van der Waals surface area contributed by atoms with Gasteiger partial charge in [-0.25, -0.2) is 0 Å². The van der Waals surface area contributed by atoms with Gasteiger partial charge in [0.15, 0.2) is 0 Å². The molecule has 3 unspecified atom stereocenters. The van der Waals surface area contributed by atoms with Gasteiger partial charge < -0.3 is 16.0 Å². The number of nitrogens with two attached hydrogens (primary N) is 1. The van der Waals surface area contributed by atoms with E-state index in [2.05, 4.69) is 5.32 Å². The first kappa shape index (κ1) is 18.7. The van der Waals surface area contributed by atoms with Gasteiger partial charge in [-0.2, -0.15) is 0 Å². The minimum Gasteiger partial charge on any atom is -0.354 e. The molecule has 1 saturated heterocycles. The summed E-state index contributed by atoms with van der Waals surface area (Å²) < 4.78 is 0. The highest BCUT2D eigenvalue weighted by Crippen LogP contribution is 2.31. The molecule has 3 atom stereocenters. The van der Waals surface area contributed by atoms with E-state index < -0.39 is 0 Å². The molecular weight excluding hydrogens is 326 g/mol. The van der Waals surface area contributed by atoms with Gasteiger partial charge in [0.05, 0.1) is 12.5 Å². The highest BCUT2D eigenvalue weighted by molar-refractivity contribution is 5.85. The summed E-state index contributed by atoms with van der Waals surface area (Å²) in [6.07, 6.45) is 4.02. The van der Waals surface area contributed by atoms with Crippen molar-refractivity contribution in [2.24, 2.45) is 11.7 Å². The highest BCUT2D eigenvalue weighted by Gasteiger charge is 2.35. The van der Waals surface area contributed by atoms with Gasteiger partial charge in [0.2, 0.25) is 11.8 Å². The standard InChI is InChI=1S/C18H25N3O2.ClH/c19-15-8-4-7-14(11-15)18(23)21-10-9-20-17(22)12-16(21)13-5-2-1-3-6-13;/h1-3,5-6,14-16H,4,7-12,19H2,(H,20,22);1H. The first-order valence-corrected chi connectivity index (χ1v) is 8.53. The molecular formula is C18H26ClN3O2. The van der Waals surface area contributed by atoms with Crippen LogP contribution in [0.4, 0.5) is 0 Å². The molecule has 1 aromatic rings. The van der Waals surface area contributed by atoms with E-state index in [4.69, 9.17) is 5.73 Å². The van der Waals surface area contributed by atoms with Gasteiger partial charge in [0.1, 0.15) is 0 Å². The molecule has 1 aliphatic heterocycles. The minimum atomic E-state index is -0.177. The third kappa shape index (κ3) is 4.28. The summed E-state index contributed by atoms with van der Waals surface area (Å²) in [5.41, 5.74) is 7.08. The van der Waals surface area contributed by atoms with Crippen molar-refractivity contribution in [3.8, 4) is 0 Å². The Hall–Kier alpha value is -1.59. The molecule has 0 spiro atoms. The van der Waals surface area contributed by atoms with Crippen molar-refractivity contribution in [3.05, 3.63) is 35.9 Å². The Kier molecular flexibility index (Phi) is 6.63. The molecule has 1 aliphatic carbocycles. The Bertz CT molecular complexity index is 567. The Labute approximate surface area is 149 Å². The molecule has 1 saturated carbocycles. The molecule has 132 valence electrons. The Morgan fingerprint density at radius 1 is 1.21 bits per heavy atom. The van der Waals surface area contributed by atoms with E-state index >= 15 is 0 Å². The number of nitrogens with one attached hydrogen (secondary N) is 1. The van der Waals surface area contributed by atoms with Gasteiger partial charge in [0, 0.05) is 25.0 Å². The van der Waals surface area contributed by atoms with Crippen LogP contribution in [0.25, 0.3) is 0 Å². The second-order valence-electron chi connectivity index (χ2n) is 6.64. The van der Waals surface area contributed by atoms with Crippen LogP contribution in [0.3, 0.4) is 0 Å². The van der Waals surface area contributed by atoms with Crippen molar-refractivity contribution in [2.45, 2.75) is 44.2 Å². The van der Waals surface area contributed by atoms with Gasteiger partial charge in [-0.15, -0.1) is 12.4 Å². The quantitative estimate of drug-likeness (QED) is 0.855. The van der Waals surface area contributed by atoms with Gasteiger partial charge in [-0.05, 0) is 24.8 Å². The molecule has 2 amide bonds. The molecule has 3 N–H and O–H groups in total. The molecule has 3 rings (SSSR count). The summed E-state index contributed by atoms with van der Waals surface area (Å²) in [6.45, 7) is 1.09. The number of carbonyl (C=O) groups excluding carboxylic acids is 2. The molecule has 1 aromatic carbocycles. The normalized spacial score (nSPS) is 27.6. The van der Waals surface area contributed by atoms with Crippen LogP contribution in [0.15, 0.2) is 30.3 Å². The largest absolute Gasteiger partial charge is 0.354 e. The van der Waals surface area contributed by atoms with E-state index in [-0.39, 0.29) is 42.2 Å². The first-order valence-electron chi connectivity index (χ1n) is 8.53. The molecule has 0 aromatic heterocycles. The maximum Gasteiger partial charge on any atom is 0.226 e. The predicted molar refractivity (Wildman–Crippen MR) is 95.7 cm³/mol. The number of halogens is 1. The lowest BCUT2D eigenvalue weighted by Gasteiger charge is -2.35. The summed E-state index contributed by atoms with van der Waals surface area (Å²) in [6, 6.07) is 9.80. The zero-order valence-corrected chi connectivity index (χ0v) is 14.6. The molecule has 2 aliphatic rings. The molecule has 1 heterocycles. The van der Waals surface area contributed by atoms with Gasteiger partial charge in [-0.1, -0.05) is 36.8 Å². The zero-order chi connectivity index (χ0) is 16.2. The molecule has 2 fully saturated rings. The lowest BCUT2D eigenvalue weighted by atomic mass is 9.84. The number of benzene rings is 1. The molecule has 5 nitrogen and oxygen atoms in total. The fourth-order valence-electron chi connectivity index (χ4n) is 3.75. The van der Waals surface area contributed by atoms with Crippen LogP contribution in [0, 0.1) is 5.92 Å². The van der Waals surface area contributed by atoms with Crippen molar-refractivity contribution in [1.82, 2.24) is 10.2 Å². The van der Waals surface area contributed by atoms with Gasteiger partial charge in [0.25, 0.3) is 0 Å². The molecule has 0 bridgehead atoms. The monoisotopic (exact) mass is 351 g/mol. The predicted octanol–water partition coefficient (Wildman–Crippen LogP) is 2.02. The first-order chi connectivity index (χ1) is 11.1. The number of hydrogen-bond donors (Lipinski definition) is 2. The van der Waals surface area contributed by atoms with Crippen LogP contribution in [0.2, 0.25) is 0 Å². The lowest BCUT2D eigenvalue weighted by molar-refractivity contribution is -0.139. The Morgan fingerprint density at radius 2 is 1.96 bits per heavy atom. The summed E-state index contributed by atoms with van der Waals surface area (Å²) in [7, 11) is 0. The van der Waals surface area contributed by atoms with Crippen LogP contribution in [-0.4, -0.2) is 35.8 Å². The van der Waals surface area contributed by atoms with Crippen molar-refractivity contribution in [1.29, 1.82) is 0 Å². The summed E-state index contributed by atoms with van der Waals surface area (Å²) in [5, 5.41) is 2.88. The maximum atomic E-state index is 13.1. The summed E-state index contributed by atoms with van der Waals surface area (Å²) >= 11 is 0. The van der Waals surface area contributed by atoms with Crippen molar-refractivity contribution < 1.29 is 9.59 Å². The fourth-order valence-corrected chi connectivity index (χ4v) is 3.75. The van der Waals surface area contributed by atoms with Gasteiger partial charge >= 0.3 is 0 Å². The fraction of sp³-hybridized carbons (Fsp3) is 0.556. The topological polar surface area (TPSA) is 75.4 Å². The Morgan fingerprint density at radius 3 is 2.67 bits per heavy atom. The van der Waals surface area contributed by atoms with E-state index in [0.717, 1.165) is 31.2 Å². The van der Waals surface area contributed by atoms with Crippen LogP contribution in [-0.2, 0) is 9.59 Å². The smallest absolute Gasteiger partial charge is 0.226 e. The average molecular weight is 352 g/mol. The molecule has 6 heteroatoms. The van der Waals surface area contributed by atoms with Crippen LogP contribution < -0.4 is 11.1 Å². The second-order valence-corrected chi connectivity index (χ2v) is 6.64. The zero-order valence-electron chi connectivity index (χ0n) is 13.8. The molecule has 0 radical (unpaired) electrons. The van der Waals surface area contributed by atoms with Crippen LogP contribution >= 0.6 is 12.4 Å². The van der Waals surface area contributed by atoms with Crippen molar-refractivity contribution in [2.75, 3.05) is 13.1 Å². The van der Waals surface area contributed by atoms with Crippen molar-refractivity contribution >= 4 is 24.2 Å². The van der Waals surface area contributed by atoms with E-state index in [1.165, 1.54) is 0 Å². The number of carbonyl (C=O) groups is 2. The average Bonchev–Trinajstić information content (AvgIpc) is 2.76. The summed E-state index contributed by atoms with van der Waals surface area (Å²) in [4.78, 5) is 27.0. The number of nitrogens with zero attached hydrogens (tertiary/aromatic N) is 1. The lowest BCUT2D eigenvalue weighted by Crippen LogP contribution is -2.43. The number of rotatable bonds is 2. The Balaban J connectivity index is 0.00000208. The number of amides is 2. The van der Waals surface area contributed by atoms with E-state index in [0.29, 0.717) is 19.5 Å². The van der Waals surface area contributed by atoms with Crippen LogP contribution in [0.1, 0.15) is 43.7 Å². The molecule has 24 heavy (non-hydrogen) atoms. The SMILES string of the molecule is Cl.NC1CCCC(C(=O)N2CCNC(=O)CC2c2ccccc2)C1. The van der Waals surface area contributed by atoms with E-state index in [9.17, 15) is 9.59 Å². The van der Waals surface area contributed by atoms with E-state index in [1.54, 1.807) is 0 Å². The summed E-state index contributed by atoms with van der Waals surface area (Å²) in [5.74, 6) is 0.165. The third-order valence-corrected chi connectivity index (χ3v) is 4.96. The van der Waals surface area contributed by atoms with Gasteiger partial charge in [-0.3, -0.25) is 9.59 Å². The highest BCUT2D eigenvalue weighted by atomic mass is 35.5. The minimum absolute atomic E-state index is 0. The maximum absolute atomic E-state index is 13.1. The van der Waals surface area contributed by atoms with E-state index in [1.807, 2.05) is 35.2 Å². The van der Waals surface area contributed by atoms with Crippen molar-refractivity contribution in [3.63, 3.8) is 0 Å².